The Bertz CT molecular complexity index is 420. The number of amides is 2. The van der Waals surface area contributed by atoms with Gasteiger partial charge in [-0.1, -0.05) is 23.9 Å². The zero-order valence-corrected chi connectivity index (χ0v) is 8.71. The van der Waals surface area contributed by atoms with E-state index in [2.05, 4.69) is 5.32 Å². The first-order valence-corrected chi connectivity index (χ1v) is 5.39. The van der Waals surface area contributed by atoms with Crippen LogP contribution in [0.4, 0.5) is 10.5 Å². The molecule has 0 saturated carbocycles. The normalized spacial score (nSPS) is 20.4. The van der Waals surface area contributed by atoms with Gasteiger partial charge in [0.1, 0.15) is 0 Å². The van der Waals surface area contributed by atoms with E-state index in [9.17, 15) is 9.59 Å². The van der Waals surface area contributed by atoms with Crippen molar-refractivity contribution >= 4 is 28.6 Å². The van der Waals surface area contributed by atoms with E-state index in [1.165, 1.54) is 0 Å². The second-order valence-electron chi connectivity index (χ2n) is 3.33. The van der Waals surface area contributed by atoms with Gasteiger partial charge in [0.25, 0.3) is 5.24 Å². The zero-order chi connectivity index (χ0) is 10.8. The monoisotopic (exact) mass is 222 g/mol. The van der Waals surface area contributed by atoms with Gasteiger partial charge in [-0.05, 0) is 24.1 Å². The van der Waals surface area contributed by atoms with Crippen LogP contribution in [0.25, 0.3) is 0 Å². The largest absolute Gasteiger partial charge is 0.399 e. The summed E-state index contributed by atoms with van der Waals surface area (Å²) in [6.07, 6.45) is 0.535. The summed E-state index contributed by atoms with van der Waals surface area (Å²) in [5, 5.41) is 1.67. The van der Waals surface area contributed by atoms with Crippen molar-refractivity contribution in [3.63, 3.8) is 0 Å². The molecule has 1 unspecified atom stereocenters. The maximum Gasteiger partial charge on any atom is 0.286 e. The average Bonchev–Trinajstić information content (AvgIpc) is 2.45. The molecule has 5 heteroatoms. The molecule has 1 aromatic rings. The SMILES string of the molecule is Nc1cccc(CC2SC(=O)NC2=O)c1. The lowest BCUT2D eigenvalue weighted by molar-refractivity contribution is -0.118. The maximum atomic E-state index is 11.3. The minimum absolute atomic E-state index is 0.215. The molecule has 2 amide bonds. The van der Waals surface area contributed by atoms with Crippen molar-refractivity contribution in [3.8, 4) is 0 Å². The van der Waals surface area contributed by atoms with Gasteiger partial charge in [-0.3, -0.25) is 14.9 Å². The Morgan fingerprint density at radius 2 is 2.20 bits per heavy atom. The van der Waals surface area contributed by atoms with Gasteiger partial charge in [-0.2, -0.15) is 0 Å². The Morgan fingerprint density at radius 1 is 1.40 bits per heavy atom. The van der Waals surface area contributed by atoms with Crippen LogP contribution in [0.1, 0.15) is 5.56 Å². The van der Waals surface area contributed by atoms with Crippen molar-refractivity contribution in [2.45, 2.75) is 11.7 Å². The van der Waals surface area contributed by atoms with Crippen LogP contribution >= 0.6 is 11.8 Å². The number of anilines is 1. The lowest BCUT2D eigenvalue weighted by atomic mass is 10.1. The highest BCUT2D eigenvalue weighted by molar-refractivity contribution is 8.15. The number of hydrogen-bond acceptors (Lipinski definition) is 4. The molecule has 1 saturated heterocycles. The molecule has 0 radical (unpaired) electrons. The Hall–Kier alpha value is -1.49. The van der Waals surface area contributed by atoms with Gasteiger partial charge in [0.15, 0.2) is 0 Å². The Kier molecular flexibility index (Phi) is 2.64. The zero-order valence-electron chi connectivity index (χ0n) is 7.90. The van der Waals surface area contributed by atoms with Crippen LogP contribution < -0.4 is 11.1 Å². The number of nitrogens with one attached hydrogen (secondary N) is 1. The molecular formula is C10H10N2O2S. The number of nitrogen functional groups attached to an aromatic ring is 1. The van der Waals surface area contributed by atoms with Crippen LogP contribution in [0.5, 0.6) is 0 Å². The fourth-order valence-electron chi connectivity index (χ4n) is 1.46. The number of benzene rings is 1. The van der Waals surface area contributed by atoms with Gasteiger partial charge < -0.3 is 5.73 Å². The summed E-state index contributed by atoms with van der Waals surface area (Å²) in [4.78, 5) is 22.2. The summed E-state index contributed by atoms with van der Waals surface area (Å²) < 4.78 is 0. The molecule has 0 spiro atoms. The van der Waals surface area contributed by atoms with Crippen LogP contribution in [0.15, 0.2) is 24.3 Å². The molecule has 15 heavy (non-hydrogen) atoms. The molecule has 1 atom stereocenters. The molecule has 4 nitrogen and oxygen atoms in total. The molecule has 1 aliphatic heterocycles. The summed E-state index contributed by atoms with van der Waals surface area (Å²) in [6.45, 7) is 0. The molecule has 1 aliphatic rings. The van der Waals surface area contributed by atoms with Gasteiger partial charge in [0.2, 0.25) is 5.91 Å². The van der Waals surface area contributed by atoms with Gasteiger partial charge in [0, 0.05) is 5.69 Å². The number of hydrogen-bond donors (Lipinski definition) is 2. The first-order valence-electron chi connectivity index (χ1n) is 4.51. The van der Waals surface area contributed by atoms with Crippen LogP contribution in [0, 0.1) is 0 Å². The summed E-state index contributed by atoms with van der Waals surface area (Å²) in [5.74, 6) is -0.215. The van der Waals surface area contributed by atoms with E-state index < -0.39 is 0 Å². The Labute approximate surface area is 91.2 Å². The molecule has 3 N–H and O–H groups in total. The van der Waals surface area contributed by atoms with E-state index in [0.29, 0.717) is 12.1 Å². The lowest BCUT2D eigenvalue weighted by Crippen LogP contribution is -2.25. The third kappa shape index (κ3) is 2.30. The number of carbonyl (C=O) groups is 2. The van der Waals surface area contributed by atoms with Gasteiger partial charge >= 0.3 is 0 Å². The van der Waals surface area contributed by atoms with Gasteiger partial charge in [-0.25, -0.2) is 0 Å². The van der Waals surface area contributed by atoms with Crippen molar-refractivity contribution in [1.29, 1.82) is 0 Å². The third-order valence-corrected chi connectivity index (χ3v) is 3.12. The lowest BCUT2D eigenvalue weighted by Gasteiger charge is -2.05. The molecule has 0 aliphatic carbocycles. The number of nitrogens with two attached hydrogens (primary N) is 1. The van der Waals surface area contributed by atoms with E-state index >= 15 is 0 Å². The van der Waals surface area contributed by atoms with E-state index in [0.717, 1.165) is 17.3 Å². The molecular weight excluding hydrogens is 212 g/mol. The fourth-order valence-corrected chi connectivity index (χ4v) is 2.32. The van der Waals surface area contributed by atoms with Crippen molar-refractivity contribution in [2.75, 3.05) is 5.73 Å². The first-order chi connectivity index (χ1) is 7.15. The summed E-state index contributed by atoms with van der Waals surface area (Å²) in [6, 6.07) is 7.34. The van der Waals surface area contributed by atoms with Crippen molar-refractivity contribution in [2.24, 2.45) is 0 Å². The average molecular weight is 222 g/mol. The molecule has 1 aromatic carbocycles. The standard InChI is InChI=1S/C10H10N2O2S/c11-7-3-1-2-6(4-7)5-8-9(13)12-10(14)15-8/h1-4,8H,5,11H2,(H,12,13,14). The van der Waals surface area contributed by atoms with E-state index in [-0.39, 0.29) is 16.4 Å². The Morgan fingerprint density at radius 3 is 2.80 bits per heavy atom. The molecule has 1 heterocycles. The molecule has 0 bridgehead atoms. The molecule has 1 fully saturated rings. The second kappa shape index (κ2) is 3.94. The number of carbonyl (C=O) groups excluding carboxylic acids is 2. The smallest absolute Gasteiger partial charge is 0.286 e. The second-order valence-corrected chi connectivity index (χ2v) is 4.51. The highest BCUT2D eigenvalue weighted by Crippen LogP contribution is 2.23. The predicted molar refractivity (Wildman–Crippen MR) is 59.5 cm³/mol. The highest BCUT2D eigenvalue weighted by Gasteiger charge is 2.31. The molecule has 78 valence electrons. The number of imide groups is 1. The van der Waals surface area contributed by atoms with Gasteiger partial charge in [-0.15, -0.1) is 0 Å². The van der Waals surface area contributed by atoms with Crippen LogP contribution in [-0.2, 0) is 11.2 Å². The summed E-state index contributed by atoms with van der Waals surface area (Å²) >= 11 is 1.03. The topological polar surface area (TPSA) is 72.2 Å². The predicted octanol–water partition coefficient (Wildman–Crippen LogP) is 1.16. The first kappa shape index (κ1) is 10.0. The van der Waals surface area contributed by atoms with E-state index in [1.54, 1.807) is 6.07 Å². The Balaban J connectivity index is 2.09. The van der Waals surface area contributed by atoms with Crippen LogP contribution in [0.2, 0.25) is 0 Å². The number of rotatable bonds is 2. The molecule has 2 rings (SSSR count). The molecule has 0 aromatic heterocycles. The fraction of sp³-hybridized carbons (Fsp3) is 0.200. The maximum absolute atomic E-state index is 11.3. The van der Waals surface area contributed by atoms with Crippen molar-refractivity contribution in [1.82, 2.24) is 5.32 Å². The van der Waals surface area contributed by atoms with E-state index in [1.807, 2.05) is 18.2 Å². The summed E-state index contributed by atoms with van der Waals surface area (Å²) in [7, 11) is 0. The van der Waals surface area contributed by atoms with E-state index in [4.69, 9.17) is 5.73 Å². The third-order valence-electron chi connectivity index (χ3n) is 2.14. The quantitative estimate of drug-likeness (QED) is 0.737. The minimum Gasteiger partial charge on any atom is -0.399 e. The summed E-state index contributed by atoms with van der Waals surface area (Å²) in [5.41, 5.74) is 7.26. The van der Waals surface area contributed by atoms with Crippen LogP contribution in [0.3, 0.4) is 0 Å². The van der Waals surface area contributed by atoms with Gasteiger partial charge in [0.05, 0.1) is 5.25 Å². The van der Waals surface area contributed by atoms with Crippen LogP contribution in [-0.4, -0.2) is 16.4 Å². The minimum atomic E-state index is -0.320. The highest BCUT2D eigenvalue weighted by atomic mass is 32.2. The number of thioether (sulfide) groups is 1. The van der Waals surface area contributed by atoms with Crippen molar-refractivity contribution < 1.29 is 9.59 Å². The van der Waals surface area contributed by atoms with Crippen molar-refractivity contribution in [3.05, 3.63) is 29.8 Å².